The molecule has 0 saturated heterocycles. The third-order valence-electron chi connectivity index (χ3n) is 4.40. The summed E-state index contributed by atoms with van der Waals surface area (Å²) in [6, 6.07) is 7.48. The fourth-order valence-corrected chi connectivity index (χ4v) is 3.77. The average Bonchev–Trinajstić information content (AvgIpc) is 3.31. The molecule has 25 heavy (non-hydrogen) atoms. The monoisotopic (exact) mass is 421 g/mol. The van der Waals surface area contributed by atoms with Gasteiger partial charge < -0.3 is 11.1 Å². The topological polar surface area (TPSA) is 68.0 Å². The van der Waals surface area contributed by atoms with Crippen molar-refractivity contribution in [2.24, 2.45) is 11.7 Å². The van der Waals surface area contributed by atoms with Crippen LogP contribution in [0.2, 0.25) is 5.02 Å². The minimum Gasteiger partial charge on any atom is -0.345 e. The van der Waals surface area contributed by atoms with E-state index in [1.165, 1.54) is 11.3 Å². The number of halogens is 3. The maximum atomic E-state index is 12.7. The van der Waals surface area contributed by atoms with E-state index in [1.807, 2.05) is 38.1 Å². The van der Waals surface area contributed by atoms with Gasteiger partial charge in [-0.15, -0.1) is 36.2 Å². The van der Waals surface area contributed by atoms with E-state index in [1.54, 1.807) is 0 Å². The summed E-state index contributed by atoms with van der Waals surface area (Å²) in [6.07, 6.45) is 2.26. The summed E-state index contributed by atoms with van der Waals surface area (Å²) in [7, 11) is 0. The number of rotatable bonds is 5. The molecule has 1 atom stereocenters. The number of nitrogens with zero attached hydrogens (tertiary/aromatic N) is 1. The Hall–Kier alpha value is -0.850. The predicted molar refractivity (Wildman–Crippen MR) is 109 cm³/mol. The molecule has 1 unspecified atom stereocenters. The lowest BCUT2D eigenvalue weighted by atomic mass is 9.96. The first-order chi connectivity index (χ1) is 10.9. The first-order valence-corrected chi connectivity index (χ1v) is 8.88. The molecule has 8 heteroatoms. The van der Waals surface area contributed by atoms with Crippen molar-refractivity contribution in [1.29, 1.82) is 0 Å². The van der Waals surface area contributed by atoms with Gasteiger partial charge in [0.2, 0.25) is 0 Å². The molecule has 1 saturated carbocycles. The van der Waals surface area contributed by atoms with E-state index in [0.29, 0.717) is 22.4 Å². The molecule has 1 fully saturated rings. The van der Waals surface area contributed by atoms with E-state index in [-0.39, 0.29) is 36.3 Å². The first kappa shape index (κ1) is 22.2. The molecule has 1 aromatic heterocycles. The molecule has 0 radical (unpaired) electrons. The lowest BCUT2D eigenvalue weighted by Crippen LogP contribution is -2.53. The van der Waals surface area contributed by atoms with Gasteiger partial charge in [0, 0.05) is 17.1 Å². The van der Waals surface area contributed by atoms with E-state index >= 15 is 0 Å². The minimum atomic E-state index is -0.325. The van der Waals surface area contributed by atoms with Crippen LogP contribution in [-0.4, -0.2) is 23.0 Å². The number of carbonyl (C=O) groups is 1. The molecular weight excluding hydrogens is 401 g/mol. The average molecular weight is 423 g/mol. The summed E-state index contributed by atoms with van der Waals surface area (Å²) >= 11 is 7.32. The lowest BCUT2D eigenvalue weighted by molar-refractivity contribution is 0.0901. The van der Waals surface area contributed by atoms with Crippen LogP contribution in [0.5, 0.6) is 0 Å². The summed E-state index contributed by atoms with van der Waals surface area (Å²) in [5.74, 6) is 0.403. The van der Waals surface area contributed by atoms with Gasteiger partial charge in [-0.3, -0.25) is 4.79 Å². The van der Waals surface area contributed by atoms with Crippen molar-refractivity contribution >= 4 is 53.7 Å². The number of nitrogens with one attached hydrogen (secondary N) is 1. The van der Waals surface area contributed by atoms with Gasteiger partial charge in [0.15, 0.2) is 0 Å². The van der Waals surface area contributed by atoms with Crippen molar-refractivity contribution in [3.8, 4) is 10.6 Å². The molecular formula is C17H22Cl3N3OS. The second kappa shape index (κ2) is 8.69. The van der Waals surface area contributed by atoms with Gasteiger partial charge in [0.1, 0.15) is 9.88 Å². The van der Waals surface area contributed by atoms with Crippen LogP contribution >= 0.6 is 47.8 Å². The fraction of sp³-hybridized carbons (Fsp3) is 0.412. The molecule has 0 bridgehead atoms. The Balaban J connectivity index is 0.00000156. The summed E-state index contributed by atoms with van der Waals surface area (Å²) in [6.45, 7) is 4.34. The third kappa shape index (κ3) is 4.86. The predicted octanol–water partition coefficient (Wildman–Crippen LogP) is 4.47. The van der Waals surface area contributed by atoms with Crippen molar-refractivity contribution in [3.05, 3.63) is 39.9 Å². The number of thiazole rings is 1. The van der Waals surface area contributed by atoms with Crippen molar-refractivity contribution in [2.45, 2.75) is 32.2 Å². The largest absolute Gasteiger partial charge is 0.345 e. The molecule has 3 N–H and O–H groups in total. The Bertz CT molecular complexity index is 731. The Morgan fingerprint density at radius 1 is 1.36 bits per heavy atom. The lowest BCUT2D eigenvalue weighted by Gasteiger charge is -2.29. The van der Waals surface area contributed by atoms with Crippen LogP contribution in [0.4, 0.5) is 0 Å². The summed E-state index contributed by atoms with van der Waals surface area (Å²) < 4.78 is 0. The molecule has 4 nitrogen and oxygen atoms in total. The van der Waals surface area contributed by atoms with Crippen LogP contribution in [0.15, 0.2) is 24.3 Å². The molecule has 2 aromatic rings. The number of benzene rings is 1. The zero-order chi connectivity index (χ0) is 16.6. The molecule has 1 aromatic carbocycles. The van der Waals surface area contributed by atoms with Gasteiger partial charge in [0.25, 0.3) is 5.91 Å². The van der Waals surface area contributed by atoms with Gasteiger partial charge in [-0.2, -0.15) is 0 Å². The summed E-state index contributed by atoms with van der Waals surface area (Å²) in [5.41, 5.74) is 7.26. The maximum absolute atomic E-state index is 12.7. The van der Waals surface area contributed by atoms with Crippen LogP contribution in [0, 0.1) is 12.8 Å². The minimum absolute atomic E-state index is 0. The highest BCUT2D eigenvalue weighted by Crippen LogP contribution is 2.39. The quantitative estimate of drug-likeness (QED) is 0.747. The standard InChI is InChI=1S/C17H20ClN3OS.2ClH/c1-10-14(15(22)21-17(2,9-19)12-5-6-12)23-16(20-10)11-3-7-13(18)8-4-11;;/h3-4,7-8,12H,5-6,9,19H2,1-2H3,(H,21,22);2*1H. The zero-order valence-corrected chi connectivity index (χ0v) is 17.2. The SMILES string of the molecule is Cc1nc(-c2ccc(Cl)cc2)sc1C(=O)NC(C)(CN)C1CC1.Cl.Cl. The van der Waals surface area contributed by atoms with Crippen molar-refractivity contribution in [1.82, 2.24) is 10.3 Å². The second-order valence-electron chi connectivity index (χ2n) is 6.29. The van der Waals surface area contributed by atoms with Crippen LogP contribution in [-0.2, 0) is 0 Å². The number of nitrogens with two attached hydrogens (primary N) is 1. The maximum Gasteiger partial charge on any atom is 0.263 e. The highest BCUT2D eigenvalue weighted by atomic mass is 35.5. The van der Waals surface area contributed by atoms with Gasteiger partial charge in [-0.25, -0.2) is 4.98 Å². The third-order valence-corrected chi connectivity index (χ3v) is 5.85. The van der Waals surface area contributed by atoms with Crippen molar-refractivity contribution in [2.75, 3.05) is 6.54 Å². The number of hydrogen-bond donors (Lipinski definition) is 2. The number of aromatic nitrogens is 1. The second-order valence-corrected chi connectivity index (χ2v) is 7.73. The van der Waals surface area contributed by atoms with E-state index in [0.717, 1.165) is 29.1 Å². The Labute approximate surface area is 169 Å². The molecule has 138 valence electrons. The van der Waals surface area contributed by atoms with Crippen LogP contribution in [0.25, 0.3) is 10.6 Å². The number of carbonyl (C=O) groups excluding carboxylic acids is 1. The first-order valence-electron chi connectivity index (χ1n) is 7.69. The molecule has 3 rings (SSSR count). The Morgan fingerprint density at radius 2 is 1.96 bits per heavy atom. The van der Waals surface area contributed by atoms with Crippen LogP contribution < -0.4 is 11.1 Å². The molecule has 1 aliphatic carbocycles. The van der Waals surface area contributed by atoms with Gasteiger partial charge >= 0.3 is 0 Å². The summed E-state index contributed by atoms with van der Waals surface area (Å²) in [5, 5.41) is 4.63. The van der Waals surface area contributed by atoms with Crippen molar-refractivity contribution in [3.63, 3.8) is 0 Å². The molecule has 0 aliphatic heterocycles. The number of amides is 1. The zero-order valence-electron chi connectivity index (χ0n) is 14.0. The summed E-state index contributed by atoms with van der Waals surface area (Å²) in [4.78, 5) is 17.8. The number of hydrogen-bond acceptors (Lipinski definition) is 4. The number of aryl methyl sites for hydroxylation is 1. The molecule has 0 spiro atoms. The van der Waals surface area contributed by atoms with Gasteiger partial charge in [-0.05, 0) is 44.7 Å². The van der Waals surface area contributed by atoms with E-state index in [9.17, 15) is 4.79 Å². The fourth-order valence-electron chi connectivity index (χ4n) is 2.68. The highest BCUT2D eigenvalue weighted by molar-refractivity contribution is 7.17. The van der Waals surface area contributed by atoms with Gasteiger partial charge in [0.05, 0.1) is 11.2 Å². The molecule has 1 aliphatic rings. The highest BCUT2D eigenvalue weighted by Gasteiger charge is 2.42. The van der Waals surface area contributed by atoms with E-state index < -0.39 is 0 Å². The van der Waals surface area contributed by atoms with E-state index in [2.05, 4.69) is 10.3 Å². The van der Waals surface area contributed by atoms with Gasteiger partial charge in [-0.1, -0.05) is 23.7 Å². The normalized spacial score (nSPS) is 15.5. The molecule has 1 amide bonds. The van der Waals surface area contributed by atoms with Crippen LogP contribution in [0.1, 0.15) is 35.1 Å². The van der Waals surface area contributed by atoms with Crippen LogP contribution in [0.3, 0.4) is 0 Å². The smallest absolute Gasteiger partial charge is 0.263 e. The Morgan fingerprint density at radius 3 is 2.48 bits per heavy atom. The van der Waals surface area contributed by atoms with Crippen molar-refractivity contribution < 1.29 is 4.79 Å². The molecule has 1 heterocycles. The Kier molecular flexibility index (Phi) is 7.71. The van der Waals surface area contributed by atoms with E-state index in [4.69, 9.17) is 17.3 Å².